The lowest BCUT2D eigenvalue weighted by Gasteiger charge is -2.15. The second-order valence-corrected chi connectivity index (χ2v) is 5.80. The molecule has 1 saturated carbocycles. The molecule has 0 N–H and O–H groups in total. The number of carbonyl (C=O) groups excluding carboxylic acids is 1. The van der Waals surface area contributed by atoms with Crippen molar-refractivity contribution in [2.45, 2.75) is 31.6 Å². The zero-order valence-corrected chi connectivity index (χ0v) is 13.4. The van der Waals surface area contributed by atoms with Gasteiger partial charge in [0.05, 0.1) is 19.3 Å². The average Bonchev–Trinajstić information content (AvgIpc) is 3.36. The Balaban J connectivity index is 1.75. The number of esters is 1. The summed E-state index contributed by atoms with van der Waals surface area (Å²) in [5, 5.41) is 0. The van der Waals surface area contributed by atoms with Crippen molar-refractivity contribution in [2.24, 2.45) is 0 Å². The zero-order valence-electron chi connectivity index (χ0n) is 13.4. The van der Waals surface area contributed by atoms with E-state index in [1.54, 1.807) is 26.4 Å². The number of benzene rings is 1. The van der Waals surface area contributed by atoms with Crippen LogP contribution in [0.1, 0.15) is 41.5 Å². The van der Waals surface area contributed by atoms with Crippen LogP contribution >= 0.6 is 0 Å². The second-order valence-electron chi connectivity index (χ2n) is 5.80. The molecule has 0 bridgehead atoms. The zero-order chi connectivity index (χ0) is 16.3. The third kappa shape index (κ3) is 3.33. The van der Waals surface area contributed by atoms with Gasteiger partial charge < -0.3 is 9.47 Å². The molecular formula is C18H20N2O3. The predicted molar refractivity (Wildman–Crippen MR) is 85.6 cm³/mol. The molecule has 3 rings (SSSR count). The Kier molecular flexibility index (Phi) is 4.28. The number of nitrogens with zero attached hydrogens (tertiary/aromatic N) is 2. The van der Waals surface area contributed by atoms with Gasteiger partial charge in [0.2, 0.25) is 0 Å². The van der Waals surface area contributed by atoms with E-state index < -0.39 is 0 Å². The maximum Gasteiger partial charge on any atom is 0.341 e. The first-order chi connectivity index (χ1) is 11.2. The molecule has 5 nitrogen and oxygen atoms in total. The summed E-state index contributed by atoms with van der Waals surface area (Å²) >= 11 is 0. The molecule has 0 atom stereocenters. The fourth-order valence-corrected chi connectivity index (χ4v) is 2.74. The Morgan fingerprint density at radius 3 is 2.61 bits per heavy atom. The molecule has 1 aromatic heterocycles. The Morgan fingerprint density at radius 1 is 1.26 bits per heavy atom. The van der Waals surface area contributed by atoms with Crippen LogP contribution in [-0.2, 0) is 16.6 Å². The minimum absolute atomic E-state index is 0.0972. The molecule has 0 saturated heterocycles. The van der Waals surface area contributed by atoms with Crippen molar-refractivity contribution in [1.82, 2.24) is 9.97 Å². The number of ether oxygens (including phenoxy) is 2. The number of hydrogen-bond donors (Lipinski definition) is 0. The molecule has 0 aliphatic heterocycles. The van der Waals surface area contributed by atoms with Gasteiger partial charge in [-0.3, -0.25) is 0 Å². The number of aromatic nitrogens is 2. The normalized spacial score (nSPS) is 15.0. The fraction of sp³-hybridized carbons (Fsp3) is 0.389. The molecule has 0 amide bonds. The minimum Gasteiger partial charge on any atom is -0.497 e. The lowest BCUT2D eigenvalue weighted by Crippen LogP contribution is -2.14. The van der Waals surface area contributed by atoms with E-state index in [0.29, 0.717) is 12.2 Å². The highest BCUT2D eigenvalue weighted by molar-refractivity contribution is 5.88. The molecule has 120 valence electrons. The summed E-state index contributed by atoms with van der Waals surface area (Å²) in [4.78, 5) is 20.3. The smallest absolute Gasteiger partial charge is 0.341 e. The summed E-state index contributed by atoms with van der Waals surface area (Å²) < 4.78 is 10.3. The van der Waals surface area contributed by atoms with E-state index in [1.807, 2.05) is 12.1 Å². The van der Waals surface area contributed by atoms with E-state index in [0.717, 1.165) is 30.8 Å². The van der Waals surface area contributed by atoms with Gasteiger partial charge in [0.25, 0.3) is 0 Å². The van der Waals surface area contributed by atoms with Crippen molar-refractivity contribution in [3.63, 3.8) is 0 Å². The van der Waals surface area contributed by atoms with Crippen molar-refractivity contribution < 1.29 is 14.3 Å². The number of methoxy groups -OCH3 is 1. The highest BCUT2D eigenvalue weighted by Gasteiger charge is 2.45. The highest BCUT2D eigenvalue weighted by Crippen LogP contribution is 2.50. The van der Waals surface area contributed by atoms with Crippen LogP contribution in [0.15, 0.2) is 36.7 Å². The maximum absolute atomic E-state index is 11.6. The van der Waals surface area contributed by atoms with Crippen LogP contribution in [0.3, 0.4) is 0 Å². The SMILES string of the molecule is CCOC(=O)c1cnc(CC2(c3cccc(OC)c3)CC2)nc1. The van der Waals surface area contributed by atoms with Gasteiger partial charge in [0.1, 0.15) is 11.6 Å². The Labute approximate surface area is 135 Å². The van der Waals surface area contributed by atoms with Gasteiger partial charge in [-0.15, -0.1) is 0 Å². The number of hydrogen-bond acceptors (Lipinski definition) is 5. The van der Waals surface area contributed by atoms with Gasteiger partial charge in [-0.1, -0.05) is 12.1 Å². The quantitative estimate of drug-likeness (QED) is 0.768. The summed E-state index contributed by atoms with van der Waals surface area (Å²) in [6, 6.07) is 8.17. The van der Waals surface area contributed by atoms with Crippen LogP contribution in [0.5, 0.6) is 5.75 Å². The molecule has 1 fully saturated rings. The van der Waals surface area contributed by atoms with Crippen molar-refractivity contribution in [3.8, 4) is 5.75 Å². The summed E-state index contributed by atoms with van der Waals surface area (Å²) in [7, 11) is 1.68. The number of carbonyl (C=O) groups is 1. The first-order valence-electron chi connectivity index (χ1n) is 7.79. The Hall–Kier alpha value is -2.43. The molecule has 1 heterocycles. The first kappa shape index (κ1) is 15.5. The molecule has 1 aliphatic carbocycles. The van der Waals surface area contributed by atoms with Crippen LogP contribution in [0.4, 0.5) is 0 Å². The monoisotopic (exact) mass is 312 g/mol. The van der Waals surface area contributed by atoms with E-state index >= 15 is 0 Å². The Bertz CT molecular complexity index is 694. The lowest BCUT2D eigenvalue weighted by molar-refractivity contribution is 0.0525. The van der Waals surface area contributed by atoms with Gasteiger partial charge in [-0.25, -0.2) is 14.8 Å². The summed E-state index contributed by atoms with van der Waals surface area (Å²) in [5.74, 6) is 1.23. The minimum atomic E-state index is -0.381. The fourth-order valence-electron chi connectivity index (χ4n) is 2.74. The van der Waals surface area contributed by atoms with E-state index in [4.69, 9.17) is 9.47 Å². The van der Waals surface area contributed by atoms with E-state index in [2.05, 4.69) is 22.1 Å². The van der Waals surface area contributed by atoms with Gasteiger partial charge >= 0.3 is 5.97 Å². The Morgan fingerprint density at radius 2 is 2.00 bits per heavy atom. The average molecular weight is 312 g/mol. The van der Waals surface area contributed by atoms with E-state index in [-0.39, 0.29) is 11.4 Å². The van der Waals surface area contributed by atoms with Crippen LogP contribution in [0, 0.1) is 0 Å². The first-order valence-corrected chi connectivity index (χ1v) is 7.79. The van der Waals surface area contributed by atoms with Crippen LogP contribution in [0.2, 0.25) is 0 Å². The topological polar surface area (TPSA) is 61.3 Å². The predicted octanol–water partition coefficient (Wildman–Crippen LogP) is 2.94. The summed E-state index contributed by atoms with van der Waals surface area (Å²) in [6.45, 7) is 2.12. The van der Waals surface area contributed by atoms with Crippen molar-refractivity contribution in [2.75, 3.05) is 13.7 Å². The van der Waals surface area contributed by atoms with Gasteiger partial charge in [0.15, 0.2) is 0 Å². The molecule has 0 spiro atoms. The largest absolute Gasteiger partial charge is 0.497 e. The molecular weight excluding hydrogens is 292 g/mol. The van der Waals surface area contributed by atoms with Crippen LogP contribution in [-0.4, -0.2) is 29.7 Å². The third-order valence-electron chi connectivity index (χ3n) is 4.25. The van der Waals surface area contributed by atoms with Crippen molar-refractivity contribution in [3.05, 3.63) is 53.6 Å². The third-order valence-corrected chi connectivity index (χ3v) is 4.25. The molecule has 0 radical (unpaired) electrons. The molecule has 1 aromatic carbocycles. The molecule has 0 unspecified atom stereocenters. The summed E-state index contributed by atoms with van der Waals surface area (Å²) in [6.07, 6.45) is 6.08. The second kappa shape index (κ2) is 6.36. The molecule has 2 aromatic rings. The van der Waals surface area contributed by atoms with Gasteiger partial charge in [-0.2, -0.15) is 0 Å². The number of rotatable bonds is 6. The molecule has 5 heteroatoms. The standard InChI is InChI=1S/C18H20N2O3/c1-3-23-17(21)13-11-19-16(20-12-13)10-18(7-8-18)14-5-4-6-15(9-14)22-2/h4-6,9,11-12H,3,7-8,10H2,1-2H3. The van der Waals surface area contributed by atoms with Crippen molar-refractivity contribution >= 4 is 5.97 Å². The molecule has 1 aliphatic rings. The lowest BCUT2D eigenvalue weighted by atomic mass is 9.92. The molecule has 23 heavy (non-hydrogen) atoms. The van der Waals surface area contributed by atoms with Crippen LogP contribution < -0.4 is 4.74 Å². The highest BCUT2D eigenvalue weighted by atomic mass is 16.5. The van der Waals surface area contributed by atoms with Crippen molar-refractivity contribution in [1.29, 1.82) is 0 Å². The van der Waals surface area contributed by atoms with E-state index in [1.165, 1.54) is 5.56 Å². The van der Waals surface area contributed by atoms with Gasteiger partial charge in [0, 0.05) is 24.2 Å². The summed E-state index contributed by atoms with van der Waals surface area (Å²) in [5.41, 5.74) is 1.75. The maximum atomic E-state index is 11.6. The van der Waals surface area contributed by atoms with Crippen LogP contribution in [0.25, 0.3) is 0 Å². The van der Waals surface area contributed by atoms with E-state index in [9.17, 15) is 4.79 Å². The van der Waals surface area contributed by atoms with Gasteiger partial charge in [-0.05, 0) is 37.5 Å².